The number of nitrogens with zero attached hydrogens (tertiary/aromatic N) is 3. The van der Waals surface area contributed by atoms with Crippen LogP contribution in [0.1, 0.15) is 24.5 Å². The van der Waals surface area contributed by atoms with Gasteiger partial charge in [0.1, 0.15) is 0 Å². The first kappa shape index (κ1) is 17.8. The van der Waals surface area contributed by atoms with E-state index < -0.39 is 12.0 Å². The van der Waals surface area contributed by atoms with Crippen molar-refractivity contribution in [2.75, 3.05) is 45.8 Å². The predicted octanol–water partition coefficient (Wildman–Crippen LogP) is 2.84. The highest BCUT2D eigenvalue weighted by Crippen LogP contribution is 2.32. The fourth-order valence-electron chi connectivity index (χ4n) is 3.93. The van der Waals surface area contributed by atoms with Gasteiger partial charge < -0.3 is 4.90 Å². The number of likely N-dealkylation sites (N-methyl/N-ethyl adjacent to an activating group) is 1. The lowest BCUT2D eigenvalue weighted by atomic mass is 9.97. The van der Waals surface area contributed by atoms with Crippen LogP contribution in [0.4, 0.5) is 8.78 Å². The lowest BCUT2D eigenvalue weighted by molar-refractivity contribution is -0.134. The van der Waals surface area contributed by atoms with E-state index in [1.165, 1.54) is 5.56 Å². The van der Waals surface area contributed by atoms with Crippen LogP contribution in [0.5, 0.6) is 0 Å². The van der Waals surface area contributed by atoms with Crippen molar-refractivity contribution in [1.29, 1.82) is 0 Å². The van der Waals surface area contributed by atoms with Crippen LogP contribution in [0.2, 0.25) is 0 Å². The molecule has 0 saturated carbocycles. The van der Waals surface area contributed by atoms with Crippen molar-refractivity contribution in [2.24, 2.45) is 0 Å². The zero-order chi connectivity index (χ0) is 17.2. The van der Waals surface area contributed by atoms with Gasteiger partial charge >= 0.3 is 0 Å². The third-order valence-electron chi connectivity index (χ3n) is 5.46. The molecule has 0 radical (unpaired) electrons. The fourth-order valence-corrected chi connectivity index (χ4v) is 3.93. The van der Waals surface area contributed by atoms with Crippen molar-refractivity contribution >= 4 is 0 Å². The number of alkyl halides is 2. The van der Waals surface area contributed by atoms with Crippen LogP contribution in [0.3, 0.4) is 0 Å². The number of benzene rings is 1. The maximum Gasteiger partial charge on any atom is 0.275 e. The van der Waals surface area contributed by atoms with E-state index >= 15 is 0 Å². The van der Waals surface area contributed by atoms with E-state index in [1.807, 2.05) is 41.0 Å². The summed E-state index contributed by atoms with van der Waals surface area (Å²) in [6.45, 7) is 9.80. The molecular formula is C19H29F2N3. The zero-order valence-corrected chi connectivity index (χ0v) is 14.8. The summed E-state index contributed by atoms with van der Waals surface area (Å²) in [6, 6.07) is 7.60. The summed E-state index contributed by atoms with van der Waals surface area (Å²) in [5.41, 5.74) is 2.32. The maximum atomic E-state index is 14.8. The Bertz CT molecular complexity index is 524. The van der Waals surface area contributed by atoms with Crippen LogP contribution < -0.4 is 0 Å². The summed E-state index contributed by atoms with van der Waals surface area (Å²) >= 11 is 0. The predicted molar refractivity (Wildman–Crippen MR) is 93.5 cm³/mol. The Labute approximate surface area is 144 Å². The van der Waals surface area contributed by atoms with Crippen LogP contribution in [-0.2, 0) is 6.54 Å². The highest BCUT2D eigenvalue weighted by Gasteiger charge is 2.47. The van der Waals surface area contributed by atoms with E-state index in [0.717, 1.165) is 44.8 Å². The second kappa shape index (κ2) is 7.46. The van der Waals surface area contributed by atoms with Crippen molar-refractivity contribution in [3.63, 3.8) is 0 Å². The average Bonchev–Trinajstić information content (AvgIpc) is 2.56. The number of aryl methyl sites for hydroxylation is 1. The van der Waals surface area contributed by atoms with Crippen molar-refractivity contribution in [2.45, 2.75) is 38.8 Å². The first-order valence-electron chi connectivity index (χ1n) is 9.10. The monoisotopic (exact) mass is 337 g/mol. The average molecular weight is 337 g/mol. The van der Waals surface area contributed by atoms with Crippen molar-refractivity contribution in [3.05, 3.63) is 35.4 Å². The molecule has 2 saturated heterocycles. The number of hydrogen-bond acceptors (Lipinski definition) is 3. The number of hydrogen-bond donors (Lipinski definition) is 0. The molecule has 2 heterocycles. The van der Waals surface area contributed by atoms with Gasteiger partial charge in [-0.2, -0.15) is 0 Å². The molecule has 0 aliphatic carbocycles. The molecule has 1 aromatic rings. The minimum Gasteiger partial charge on any atom is -0.301 e. The molecule has 0 amide bonds. The Balaban J connectivity index is 1.57. The molecule has 0 bridgehead atoms. The lowest BCUT2D eigenvalue weighted by Crippen LogP contribution is -2.61. The van der Waals surface area contributed by atoms with Gasteiger partial charge in [0.2, 0.25) is 0 Å². The van der Waals surface area contributed by atoms with E-state index in [2.05, 4.69) is 11.8 Å². The van der Waals surface area contributed by atoms with Gasteiger partial charge in [0.15, 0.2) is 0 Å². The van der Waals surface area contributed by atoms with E-state index in [1.54, 1.807) is 0 Å². The van der Waals surface area contributed by atoms with Gasteiger partial charge in [0.25, 0.3) is 5.92 Å². The molecule has 3 nitrogen and oxygen atoms in total. The van der Waals surface area contributed by atoms with Gasteiger partial charge in [-0.1, -0.05) is 36.8 Å². The summed E-state index contributed by atoms with van der Waals surface area (Å²) in [5, 5.41) is 0. The summed E-state index contributed by atoms with van der Waals surface area (Å²) in [4.78, 5) is 6.26. The van der Waals surface area contributed by atoms with Gasteiger partial charge in [-0.25, -0.2) is 8.78 Å². The van der Waals surface area contributed by atoms with Crippen LogP contribution in [0.15, 0.2) is 24.3 Å². The zero-order valence-electron chi connectivity index (χ0n) is 14.8. The molecule has 1 unspecified atom stereocenters. The Kier molecular flexibility index (Phi) is 5.52. The number of likely N-dealkylation sites (tertiary alicyclic amines) is 1. The van der Waals surface area contributed by atoms with Crippen LogP contribution in [0.25, 0.3) is 0 Å². The topological polar surface area (TPSA) is 9.72 Å². The maximum absolute atomic E-state index is 14.8. The smallest absolute Gasteiger partial charge is 0.275 e. The quantitative estimate of drug-likeness (QED) is 0.836. The van der Waals surface area contributed by atoms with Crippen molar-refractivity contribution in [3.8, 4) is 0 Å². The molecule has 2 fully saturated rings. The first-order chi connectivity index (χ1) is 11.5. The molecule has 24 heavy (non-hydrogen) atoms. The number of halogens is 2. The largest absolute Gasteiger partial charge is 0.301 e. The van der Waals surface area contributed by atoms with Crippen LogP contribution >= 0.6 is 0 Å². The second-order valence-corrected chi connectivity index (χ2v) is 7.23. The van der Waals surface area contributed by atoms with Gasteiger partial charge in [-0.3, -0.25) is 9.80 Å². The number of piperazine rings is 1. The molecule has 2 aliphatic heterocycles. The van der Waals surface area contributed by atoms with Gasteiger partial charge in [-0.15, -0.1) is 0 Å². The lowest BCUT2D eigenvalue weighted by Gasteiger charge is -2.46. The third kappa shape index (κ3) is 4.13. The molecule has 3 rings (SSSR count). The Morgan fingerprint density at radius 3 is 2.25 bits per heavy atom. The second-order valence-electron chi connectivity index (χ2n) is 7.23. The molecule has 0 spiro atoms. The van der Waals surface area contributed by atoms with Crippen molar-refractivity contribution < 1.29 is 8.78 Å². The minimum atomic E-state index is -2.63. The van der Waals surface area contributed by atoms with E-state index in [0.29, 0.717) is 13.0 Å². The van der Waals surface area contributed by atoms with Crippen molar-refractivity contribution in [1.82, 2.24) is 14.7 Å². The third-order valence-corrected chi connectivity index (χ3v) is 5.46. The SMILES string of the molecule is CCN1CCN(C2CCN(Cc3ccc(C)cc3)CC2(F)F)CC1. The molecule has 0 aromatic heterocycles. The van der Waals surface area contributed by atoms with E-state index in [4.69, 9.17) is 0 Å². The molecule has 2 aliphatic rings. The van der Waals surface area contributed by atoms with Gasteiger partial charge in [0, 0.05) is 39.3 Å². The Morgan fingerprint density at radius 1 is 1.00 bits per heavy atom. The number of rotatable bonds is 4. The number of piperidine rings is 1. The van der Waals surface area contributed by atoms with Gasteiger partial charge in [-0.05, 0) is 25.5 Å². The molecule has 1 aromatic carbocycles. The summed E-state index contributed by atoms with van der Waals surface area (Å²) in [7, 11) is 0. The summed E-state index contributed by atoms with van der Waals surface area (Å²) < 4.78 is 29.5. The summed E-state index contributed by atoms with van der Waals surface area (Å²) in [5.74, 6) is -2.63. The van der Waals surface area contributed by atoms with E-state index in [-0.39, 0.29) is 6.54 Å². The molecular weight excluding hydrogens is 308 g/mol. The highest BCUT2D eigenvalue weighted by molar-refractivity contribution is 5.21. The molecule has 0 N–H and O–H groups in total. The normalized spacial score (nSPS) is 26.6. The summed E-state index contributed by atoms with van der Waals surface area (Å²) in [6.07, 6.45) is 0.561. The van der Waals surface area contributed by atoms with E-state index in [9.17, 15) is 8.78 Å². The van der Waals surface area contributed by atoms with Crippen LogP contribution in [0, 0.1) is 6.92 Å². The molecule has 1 atom stereocenters. The molecule has 5 heteroatoms. The fraction of sp³-hybridized carbons (Fsp3) is 0.684. The minimum absolute atomic E-state index is 0.125. The standard InChI is InChI=1S/C19H29F2N3/c1-3-22-10-12-24(13-11-22)18-8-9-23(15-19(18,20)21)14-17-6-4-16(2)5-7-17/h4-7,18H,3,8-15H2,1-2H3. The highest BCUT2D eigenvalue weighted by atomic mass is 19.3. The Hall–Kier alpha value is -1.04. The Morgan fingerprint density at radius 2 is 1.67 bits per heavy atom. The van der Waals surface area contributed by atoms with Crippen LogP contribution in [-0.4, -0.2) is 72.5 Å². The first-order valence-corrected chi connectivity index (χ1v) is 9.10. The molecule has 134 valence electrons. The van der Waals surface area contributed by atoms with Gasteiger partial charge in [0.05, 0.1) is 12.6 Å².